The molecule has 2 atom stereocenters. The van der Waals surface area contributed by atoms with Gasteiger partial charge in [-0.3, -0.25) is 0 Å². The van der Waals surface area contributed by atoms with Crippen LogP contribution in [-0.4, -0.2) is 30.0 Å². The van der Waals surface area contributed by atoms with E-state index in [9.17, 15) is 26.3 Å². The second kappa shape index (κ2) is 17.4. The largest absolute Gasteiger partial charge is 0.417 e. The molecule has 0 saturated carbocycles. The molecule has 3 N–H and O–H groups in total. The third-order valence-electron chi connectivity index (χ3n) is 7.10. The highest BCUT2D eigenvalue weighted by molar-refractivity contribution is 5.99. The van der Waals surface area contributed by atoms with Crippen molar-refractivity contribution >= 4 is 5.71 Å². The zero-order valence-corrected chi connectivity index (χ0v) is 24.9. The van der Waals surface area contributed by atoms with Gasteiger partial charge in [-0.25, -0.2) is 4.99 Å². The normalized spacial score (nSPS) is 19.6. The molecule has 2 heterocycles. The second-order valence-corrected chi connectivity index (χ2v) is 10.0. The van der Waals surface area contributed by atoms with Crippen molar-refractivity contribution < 1.29 is 26.3 Å². The molecule has 3 rings (SSSR count). The molecular weight excluding hydrogens is 554 g/mol. The van der Waals surface area contributed by atoms with E-state index in [0.29, 0.717) is 41.8 Å². The molecule has 0 bridgehead atoms. The average Bonchev–Trinajstić information content (AvgIpc) is 3.35. The number of nitrogens with zero attached hydrogens (tertiary/aromatic N) is 2. The number of hydrogen-bond donors (Lipinski definition) is 2. The minimum Gasteiger partial charge on any atom is -0.361 e. The highest BCUT2D eigenvalue weighted by atomic mass is 19.4. The summed E-state index contributed by atoms with van der Waals surface area (Å²) in [6.45, 7) is 15.8. The zero-order valence-electron chi connectivity index (χ0n) is 24.9. The molecule has 0 amide bonds. The number of nitrogens with two attached hydrogens (primary N) is 1. The Labute approximate surface area is 245 Å². The van der Waals surface area contributed by atoms with Gasteiger partial charge in [0.05, 0.1) is 5.57 Å². The molecule has 2 aliphatic rings. The van der Waals surface area contributed by atoms with Crippen molar-refractivity contribution in [3.8, 4) is 0 Å². The number of alkyl halides is 6. The second-order valence-electron chi connectivity index (χ2n) is 10.0. The van der Waals surface area contributed by atoms with Crippen LogP contribution in [0.5, 0.6) is 0 Å². The summed E-state index contributed by atoms with van der Waals surface area (Å²) in [6, 6.07) is 8.09. The molecule has 0 fully saturated rings. The van der Waals surface area contributed by atoms with E-state index in [1.54, 1.807) is 13.0 Å². The summed E-state index contributed by atoms with van der Waals surface area (Å²) in [5.41, 5.74) is 9.81. The van der Waals surface area contributed by atoms with Crippen LogP contribution in [0.25, 0.3) is 0 Å². The number of benzene rings is 1. The van der Waals surface area contributed by atoms with Crippen molar-refractivity contribution in [1.82, 2.24) is 10.2 Å². The van der Waals surface area contributed by atoms with Gasteiger partial charge in [-0.2, -0.15) is 26.3 Å². The van der Waals surface area contributed by atoms with Crippen LogP contribution in [-0.2, 0) is 13.1 Å². The molecule has 0 spiro atoms. The van der Waals surface area contributed by atoms with Crippen LogP contribution in [0.1, 0.15) is 52.2 Å². The number of rotatable bonds is 6. The van der Waals surface area contributed by atoms with Crippen molar-refractivity contribution in [3.63, 3.8) is 0 Å². The Morgan fingerprint density at radius 1 is 1.12 bits per heavy atom. The van der Waals surface area contributed by atoms with Crippen molar-refractivity contribution in [1.29, 1.82) is 0 Å². The Kier molecular flexibility index (Phi) is 15.1. The molecule has 232 valence electrons. The molecular formula is C32H42F6N4. The maximum atomic E-state index is 13.2. The molecule has 1 aromatic rings. The summed E-state index contributed by atoms with van der Waals surface area (Å²) in [6.07, 6.45) is 4.31. The fourth-order valence-corrected chi connectivity index (χ4v) is 4.15. The van der Waals surface area contributed by atoms with Gasteiger partial charge in [0, 0.05) is 43.3 Å². The van der Waals surface area contributed by atoms with Gasteiger partial charge in [-0.15, -0.1) is 0 Å². The van der Waals surface area contributed by atoms with E-state index in [2.05, 4.69) is 74.3 Å². The SMILES string of the molecule is C=C/C=C(/C)C(C)C(C)CC.C=C1/C=C(N2Cc3ccccc3C2)\N=C(/C)C(CN)=CC(C(F)(F)F)=CN1.FC(F)F. The van der Waals surface area contributed by atoms with Crippen LogP contribution in [0.4, 0.5) is 26.3 Å². The van der Waals surface area contributed by atoms with E-state index in [1.165, 1.54) is 23.1 Å². The van der Waals surface area contributed by atoms with Gasteiger partial charge in [0.2, 0.25) is 0 Å². The maximum Gasteiger partial charge on any atom is 0.417 e. The Morgan fingerprint density at radius 3 is 2.12 bits per heavy atom. The predicted octanol–water partition coefficient (Wildman–Crippen LogP) is 8.73. The van der Waals surface area contributed by atoms with Crippen LogP contribution in [0.3, 0.4) is 0 Å². The molecule has 4 nitrogen and oxygen atoms in total. The van der Waals surface area contributed by atoms with Gasteiger partial charge in [0.25, 0.3) is 0 Å². The van der Waals surface area contributed by atoms with Gasteiger partial charge in [0.1, 0.15) is 5.82 Å². The van der Waals surface area contributed by atoms with Crippen molar-refractivity contribution in [3.05, 3.63) is 107 Å². The lowest BCUT2D eigenvalue weighted by Gasteiger charge is -2.21. The molecule has 42 heavy (non-hydrogen) atoms. The highest BCUT2D eigenvalue weighted by Crippen LogP contribution is 2.30. The van der Waals surface area contributed by atoms with E-state index >= 15 is 0 Å². The maximum absolute atomic E-state index is 13.2. The lowest BCUT2D eigenvalue weighted by molar-refractivity contribution is -0.0885. The zero-order chi connectivity index (χ0) is 32.0. The van der Waals surface area contributed by atoms with E-state index < -0.39 is 18.4 Å². The quantitative estimate of drug-likeness (QED) is 0.255. The number of fused-ring (bicyclic) bond motifs is 1. The van der Waals surface area contributed by atoms with Gasteiger partial charge >= 0.3 is 12.9 Å². The molecule has 2 unspecified atom stereocenters. The standard InChI is InChI=1S/C20H21F3N4.C11H20.CHF3/c1-13-7-19(27-11-15-5-3-4-6-16(15)12-27)26-14(2)17(9-24)8-18(10-25-13)20(21,22)23;1-6-8-10(4)11(5)9(3)7-2;2-1(3)4/h3-8,10,25H,1,9,11-12,24H2,2H3;6,8-9,11H,1,7H2,2-5H3;1H/b17-8?,18-10?,19-7+,26-14+;10-8-;. The van der Waals surface area contributed by atoms with Gasteiger partial charge < -0.3 is 16.0 Å². The number of halogens is 6. The van der Waals surface area contributed by atoms with Crippen LogP contribution < -0.4 is 11.1 Å². The van der Waals surface area contributed by atoms with Gasteiger partial charge in [-0.05, 0) is 48.5 Å². The molecule has 1 aromatic carbocycles. The Hall–Kier alpha value is -3.53. The summed E-state index contributed by atoms with van der Waals surface area (Å²) >= 11 is 0. The topological polar surface area (TPSA) is 53.6 Å². The van der Waals surface area contributed by atoms with Crippen LogP contribution in [0.2, 0.25) is 0 Å². The van der Waals surface area contributed by atoms with Gasteiger partial charge in [0.15, 0.2) is 0 Å². The molecule has 10 heteroatoms. The average molecular weight is 597 g/mol. The number of allylic oxidation sites excluding steroid dienone is 6. The summed E-state index contributed by atoms with van der Waals surface area (Å²) in [5, 5.41) is 2.61. The molecule has 0 aliphatic carbocycles. The minimum absolute atomic E-state index is 0.0444. The monoisotopic (exact) mass is 596 g/mol. The first kappa shape index (κ1) is 36.5. The van der Waals surface area contributed by atoms with Crippen LogP contribution >= 0.6 is 0 Å². The Bertz CT molecular complexity index is 1180. The summed E-state index contributed by atoms with van der Waals surface area (Å²) in [4.78, 5) is 6.64. The fraction of sp³-hybridized carbons (Fsp3) is 0.406. The molecule has 2 aliphatic heterocycles. The van der Waals surface area contributed by atoms with E-state index in [4.69, 9.17) is 5.73 Å². The highest BCUT2D eigenvalue weighted by Gasteiger charge is 2.33. The first-order valence-corrected chi connectivity index (χ1v) is 13.6. The van der Waals surface area contributed by atoms with E-state index in [-0.39, 0.29) is 6.54 Å². The van der Waals surface area contributed by atoms with Crippen molar-refractivity contribution in [2.75, 3.05) is 6.54 Å². The first-order valence-electron chi connectivity index (χ1n) is 13.6. The molecule has 0 saturated heterocycles. The summed E-state index contributed by atoms with van der Waals surface area (Å²) in [7, 11) is 0. The lowest BCUT2D eigenvalue weighted by atomic mass is 9.87. The third kappa shape index (κ3) is 12.1. The smallest absolute Gasteiger partial charge is 0.361 e. The van der Waals surface area contributed by atoms with Crippen molar-refractivity contribution in [2.45, 2.75) is 67.0 Å². The number of nitrogens with one attached hydrogen (secondary N) is 1. The Balaban J connectivity index is 0.000000490. The number of aliphatic imine (C=N–C) groups is 1. The predicted molar refractivity (Wildman–Crippen MR) is 160 cm³/mol. The minimum atomic E-state index is -4.50. The van der Waals surface area contributed by atoms with E-state index in [0.717, 1.165) is 18.2 Å². The summed E-state index contributed by atoms with van der Waals surface area (Å²) < 4.78 is 68.7. The van der Waals surface area contributed by atoms with Crippen LogP contribution in [0, 0.1) is 11.8 Å². The molecule has 0 radical (unpaired) electrons. The molecule has 0 aromatic heterocycles. The third-order valence-corrected chi connectivity index (χ3v) is 7.10. The van der Waals surface area contributed by atoms with E-state index in [1.807, 2.05) is 18.2 Å². The first-order chi connectivity index (χ1) is 19.6. The lowest BCUT2D eigenvalue weighted by Crippen LogP contribution is -2.21. The fourth-order valence-electron chi connectivity index (χ4n) is 4.15. The van der Waals surface area contributed by atoms with Crippen molar-refractivity contribution in [2.24, 2.45) is 22.6 Å². The Morgan fingerprint density at radius 2 is 1.67 bits per heavy atom. The summed E-state index contributed by atoms with van der Waals surface area (Å²) in [5.74, 6) is 2.11. The number of hydrogen-bond acceptors (Lipinski definition) is 4. The van der Waals surface area contributed by atoms with Crippen LogP contribution in [0.15, 0.2) is 101 Å². The van der Waals surface area contributed by atoms with Gasteiger partial charge in [-0.1, -0.05) is 82.3 Å².